The van der Waals surface area contributed by atoms with E-state index in [1.807, 2.05) is 6.92 Å². The van der Waals surface area contributed by atoms with E-state index in [-0.39, 0.29) is 17.8 Å². The van der Waals surface area contributed by atoms with Crippen LogP contribution in [0.15, 0.2) is 0 Å². The number of aliphatic carboxylic acids is 2. The summed E-state index contributed by atoms with van der Waals surface area (Å²) in [5.74, 6) is -0.308. The summed E-state index contributed by atoms with van der Waals surface area (Å²) in [6.45, 7) is 10.3. The zero-order valence-electron chi connectivity index (χ0n) is 22.1. The Bertz CT molecular complexity index is 792. The number of carbonyl (C=O) groups is 2. The van der Waals surface area contributed by atoms with E-state index in [2.05, 4.69) is 13.8 Å². The van der Waals surface area contributed by atoms with Crippen LogP contribution in [0.2, 0.25) is 0 Å². The van der Waals surface area contributed by atoms with Crippen molar-refractivity contribution in [1.29, 1.82) is 0 Å². The van der Waals surface area contributed by atoms with Crippen LogP contribution in [0.3, 0.4) is 0 Å². The lowest BCUT2D eigenvalue weighted by molar-refractivity contribution is -0.176. The minimum Gasteiger partial charge on any atom is -0.480 e. The third-order valence-corrected chi connectivity index (χ3v) is 12.3. The Morgan fingerprint density at radius 3 is 2.15 bits per heavy atom. The summed E-state index contributed by atoms with van der Waals surface area (Å²) >= 11 is 0. The first-order chi connectivity index (χ1) is 15.8. The van der Waals surface area contributed by atoms with Crippen LogP contribution >= 0.6 is 0 Å². The molecule has 3 N–H and O–H groups in total. The van der Waals surface area contributed by atoms with Crippen LogP contribution in [0.1, 0.15) is 112 Å². The van der Waals surface area contributed by atoms with E-state index in [0.717, 1.165) is 31.1 Å². The van der Waals surface area contributed by atoms with Crippen molar-refractivity contribution in [2.45, 2.75) is 117 Å². The predicted octanol–water partition coefficient (Wildman–Crippen LogP) is 6.38. The molecule has 5 heteroatoms. The van der Waals surface area contributed by atoms with Gasteiger partial charge in [-0.15, -0.1) is 0 Å². The van der Waals surface area contributed by atoms with Crippen LogP contribution in [0.4, 0.5) is 0 Å². The van der Waals surface area contributed by atoms with Gasteiger partial charge >= 0.3 is 11.9 Å². The van der Waals surface area contributed by atoms with Crippen LogP contribution in [-0.4, -0.2) is 32.9 Å². The first-order valence-corrected chi connectivity index (χ1v) is 14.0. The van der Waals surface area contributed by atoms with Gasteiger partial charge in [0.05, 0.1) is 5.60 Å². The van der Waals surface area contributed by atoms with E-state index in [0.29, 0.717) is 23.7 Å². The lowest BCUT2D eigenvalue weighted by atomic mass is 9.44. The topological polar surface area (TPSA) is 94.8 Å². The monoisotopic (exact) mass is 476 g/mol. The van der Waals surface area contributed by atoms with Crippen molar-refractivity contribution in [3.63, 3.8) is 0 Å². The Morgan fingerprint density at radius 2 is 1.53 bits per heavy atom. The third kappa shape index (κ3) is 3.50. The highest BCUT2D eigenvalue weighted by Gasteiger charge is 2.65. The minimum absolute atomic E-state index is 0.0609. The van der Waals surface area contributed by atoms with Gasteiger partial charge in [0.25, 0.3) is 0 Å². The molecule has 0 spiro atoms. The predicted molar refractivity (Wildman–Crippen MR) is 132 cm³/mol. The molecule has 34 heavy (non-hydrogen) atoms. The molecule has 0 amide bonds. The van der Waals surface area contributed by atoms with Crippen molar-refractivity contribution in [3.05, 3.63) is 0 Å². The molecule has 0 saturated heterocycles. The second-order valence-electron chi connectivity index (χ2n) is 13.5. The van der Waals surface area contributed by atoms with Crippen molar-refractivity contribution in [2.24, 2.45) is 51.8 Å². The molecule has 4 rings (SSSR count). The lowest BCUT2D eigenvalue weighted by Gasteiger charge is -2.62. The fraction of sp³-hybridized carbons (Fsp3) is 0.931. The second kappa shape index (κ2) is 8.78. The maximum absolute atomic E-state index is 12.2. The molecule has 0 aliphatic heterocycles. The largest absolute Gasteiger partial charge is 0.480 e. The minimum atomic E-state index is -1.80. The Morgan fingerprint density at radius 1 is 0.882 bits per heavy atom. The Hall–Kier alpha value is -1.10. The van der Waals surface area contributed by atoms with Crippen molar-refractivity contribution in [1.82, 2.24) is 0 Å². The zero-order valence-corrected chi connectivity index (χ0v) is 22.1. The fourth-order valence-corrected chi connectivity index (χ4v) is 9.93. The lowest BCUT2D eigenvalue weighted by Crippen LogP contribution is -2.58. The number of carboxylic acids is 2. The molecule has 1 unspecified atom stereocenters. The second-order valence-corrected chi connectivity index (χ2v) is 13.5. The average molecular weight is 477 g/mol. The molecular formula is C29H48O5. The molecule has 0 heterocycles. The van der Waals surface area contributed by atoms with Gasteiger partial charge in [-0.3, -0.25) is 9.59 Å². The van der Waals surface area contributed by atoms with Crippen LogP contribution in [-0.2, 0) is 9.59 Å². The number of fused-ring (bicyclic) bond motifs is 5. The normalized spacial score (nSPS) is 43.0. The maximum atomic E-state index is 12.2. The van der Waals surface area contributed by atoms with Gasteiger partial charge in [-0.25, -0.2) is 0 Å². The summed E-state index contributed by atoms with van der Waals surface area (Å²) < 4.78 is 0. The van der Waals surface area contributed by atoms with Gasteiger partial charge in [0, 0.05) is 0 Å². The highest BCUT2D eigenvalue weighted by atomic mass is 16.4. The van der Waals surface area contributed by atoms with Crippen LogP contribution in [0.25, 0.3) is 0 Å². The van der Waals surface area contributed by atoms with Crippen molar-refractivity contribution in [2.75, 3.05) is 0 Å². The van der Waals surface area contributed by atoms with E-state index < -0.39 is 28.9 Å². The smallest absolute Gasteiger partial charge is 0.321 e. The summed E-state index contributed by atoms with van der Waals surface area (Å²) in [4.78, 5) is 24.1. The summed E-state index contributed by atoms with van der Waals surface area (Å²) in [6, 6.07) is 0. The SMILES string of the molecule is CC(C)C(CC[C@@H](C)[C@@]1(O)CC[C@H]2[C@@H]3CCC4CCCC[C@]4(C)[C@H]3CC[C@@]21C)(C(=O)O)C(=O)O. The van der Waals surface area contributed by atoms with Gasteiger partial charge in [-0.2, -0.15) is 0 Å². The molecule has 0 aromatic rings. The van der Waals surface area contributed by atoms with E-state index in [1.54, 1.807) is 13.8 Å². The Labute approximate surface area is 206 Å². The molecule has 194 valence electrons. The molecule has 4 fully saturated rings. The van der Waals surface area contributed by atoms with E-state index >= 15 is 0 Å². The van der Waals surface area contributed by atoms with Gasteiger partial charge in [-0.05, 0) is 111 Å². The Kier molecular flexibility index (Phi) is 6.71. The number of carboxylic acid groups (broad SMARTS) is 2. The van der Waals surface area contributed by atoms with Gasteiger partial charge in [-0.1, -0.05) is 47.5 Å². The molecule has 0 bridgehead atoms. The molecular weight excluding hydrogens is 428 g/mol. The molecule has 4 saturated carbocycles. The molecule has 8 atom stereocenters. The average Bonchev–Trinajstić information content (AvgIpc) is 3.04. The fourth-order valence-electron chi connectivity index (χ4n) is 9.93. The van der Waals surface area contributed by atoms with Gasteiger partial charge in [0.1, 0.15) is 0 Å². The number of hydrogen-bond donors (Lipinski definition) is 3. The Balaban J connectivity index is 1.54. The number of rotatable bonds is 7. The van der Waals surface area contributed by atoms with Crippen LogP contribution in [0.5, 0.6) is 0 Å². The van der Waals surface area contributed by atoms with E-state index in [1.165, 1.54) is 44.9 Å². The summed E-state index contributed by atoms with van der Waals surface area (Å²) in [5.41, 5.74) is -2.35. The van der Waals surface area contributed by atoms with Crippen LogP contribution in [0, 0.1) is 51.8 Å². The van der Waals surface area contributed by atoms with Crippen molar-refractivity contribution < 1.29 is 24.9 Å². The molecule has 4 aliphatic rings. The van der Waals surface area contributed by atoms with Crippen molar-refractivity contribution in [3.8, 4) is 0 Å². The molecule has 0 aromatic carbocycles. The third-order valence-electron chi connectivity index (χ3n) is 12.3. The summed E-state index contributed by atoms with van der Waals surface area (Å²) in [5, 5.41) is 31.9. The van der Waals surface area contributed by atoms with Gasteiger partial charge in [0.2, 0.25) is 0 Å². The first kappa shape index (κ1) is 26.0. The molecule has 0 radical (unpaired) electrons. The quantitative estimate of drug-likeness (QED) is 0.371. The molecule has 5 nitrogen and oxygen atoms in total. The summed E-state index contributed by atoms with van der Waals surface area (Å²) in [7, 11) is 0. The summed E-state index contributed by atoms with van der Waals surface area (Å²) in [6.07, 6.45) is 12.7. The maximum Gasteiger partial charge on any atom is 0.321 e. The first-order valence-electron chi connectivity index (χ1n) is 14.0. The highest BCUT2D eigenvalue weighted by Crippen LogP contribution is 2.69. The standard InChI is InChI=1S/C29H48O5/c1-18(2)28(24(30)31,25(32)33)16-11-19(3)29(34)17-13-23-21-10-9-20-8-6-7-14-26(20,4)22(21)12-15-27(23,29)5/h18-23,34H,6-17H2,1-5H3,(H,30,31)(H,32,33)/t19-,20?,21-,22+,23+,26+,27+,29+/m1/s1. The number of aliphatic hydroxyl groups is 1. The van der Waals surface area contributed by atoms with Gasteiger partial charge < -0.3 is 15.3 Å². The highest BCUT2D eigenvalue weighted by molar-refractivity contribution is 5.98. The van der Waals surface area contributed by atoms with Crippen molar-refractivity contribution >= 4 is 11.9 Å². The van der Waals surface area contributed by atoms with Crippen LogP contribution < -0.4 is 0 Å². The molecule has 4 aliphatic carbocycles. The molecule has 0 aromatic heterocycles. The zero-order chi connectivity index (χ0) is 25.1. The van der Waals surface area contributed by atoms with E-state index in [9.17, 15) is 24.9 Å². The van der Waals surface area contributed by atoms with Gasteiger partial charge in [0.15, 0.2) is 5.41 Å². The van der Waals surface area contributed by atoms with E-state index in [4.69, 9.17) is 0 Å². The number of hydrogen-bond acceptors (Lipinski definition) is 3.